The molecule has 6 nitrogen and oxygen atoms in total. The van der Waals surface area contributed by atoms with E-state index in [4.69, 9.17) is 0 Å². The zero-order valence-electron chi connectivity index (χ0n) is 11.8. The SMILES string of the molecule is CCCNCc1cn(Cc2cc(F)ccc2[N+](=O)[O-])cn1. The van der Waals surface area contributed by atoms with Crippen LogP contribution in [0.1, 0.15) is 24.6 Å². The van der Waals surface area contributed by atoms with Gasteiger partial charge >= 0.3 is 0 Å². The van der Waals surface area contributed by atoms with Crippen LogP contribution in [0.25, 0.3) is 0 Å². The number of nitrogens with zero attached hydrogens (tertiary/aromatic N) is 3. The molecule has 0 amide bonds. The highest BCUT2D eigenvalue weighted by Crippen LogP contribution is 2.20. The lowest BCUT2D eigenvalue weighted by atomic mass is 10.1. The maximum atomic E-state index is 13.3. The van der Waals surface area contributed by atoms with Gasteiger partial charge in [0.05, 0.1) is 29.1 Å². The van der Waals surface area contributed by atoms with Gasteiger partial charge in [0, 0.05) is 18.8 Å². The fourth-order valence-electron chi connectivity index (χ4n) is 2.03. The first kappa shape index (κ1) is 15.1. The molecule has 0 aliphatic carbocycles. The quantitative estimate of drug-likeness (QED) is 0.483. The van der Waals surface area contributed by atoms with Crippen LogP contribution in [0.3, 0.4) is 0 Å². The number of halogens is 1. The summed E-state index contributed by atoms with van der Waals surface area (Å²) in [6, 6.07) is 3.47. The highest BCUT2D eigenvalue weighted by molar-refractivity contribution is 5.40. The van der Waals surface area contributed by atoms with E-state index in [2.05, 4.69) is 17.2 Å². The molecule has 0 spiro atoms. The molecule has 0 aliphatic rings. The Bertz CT molecular complexity index is 627. The molecule has 7 heteroatoms. The Morgan fingerprint density at radius 3 is 3.00 bits per heavy atom. The minimum Gasteiger partial charge on any atom is -0.332 e. The van der Waals surface area contributed by atoms with Crippen LogP contribution in [0.4, 0.5) is 10.1 Å². The maximum Gasteiger partial charge on any atom is 0.274 e. The molecule has 1 N–H and O–H groups in total. The first-order chi connectivity index (χ1) is 10.1. The third kappa shape index (κ3) is 4.09. The average Bonchev–Trinajstić information content (AvgIpc) is 2.86. The molecule has 0 atom stereocenters. The second-order valence-electron chi connectivity index (χ2n) is 4.74. The van der Waals surface area contributed by atoms with Gasteiger partial charge in [-0.1, -0.05) is 6.92 Å². The fourth-order valence-corrected chi connectivity index (χ4v) is 2.03. The van der Waals surface area contributed by atoms with E-state index in [-0.39, 0.29) is 12.2 Å². The van der Waals surface area contributed by atoms with Crippen molar-refractivity contribution in [3.05, 3.63) is 57.9 Å². The van der Waals surface area contributed by atoms with E-state index in [0.29, 0.717) is 12.1 Å². The summed E-state index contributed by atoms with van der Waals surface area (Å²) in [5, 5.41) is 14.2. The van der Waals surface area contributed by atoms with E-state index in [1.54, 1.807) is 17.1 Å². The van der Waals surface area contributed by atoms with E-state index in [0.717, 1.165) is 24.7 Å². The van der Waals surface area contributed by atoms with Gasteiger partial charge in [-0.2, -0.15) is 0 Å². The van der Waals surface area contributed by atoms with Crippen LogP contribution in [-0.2, 0) is 13.1 Å². The van der Waals surface area contributed by atoms with Gasteiger partial charge in [-0.3, -0.25) is 10.1 Å². The predicted molar refractivity (Wildman–Crippen MR) is 76.4 cm³/mol. The Hall–Kier alpha value is -2.28. The summed E-state index contributed by atoms with van der Waals surface area (Å²) in [6.07, 6.45) is 4.44. The van der Waals surface area contributed by atoms with Crippen LogP contribution >= 0.6 is 0 Å². The average molecular weight is 292 g/mol. The first-order valence-electron chi connectivity index (χ1n) is 6.74. The lowest BCUT2D eigenvalue weighted by molar-refractivity contribution is -0.385. The molecule has 1 aromatic carbocycles. The molecule has 0 unspecified atom stereocenters. The minimum atomic E-state index is -0.505. The lowest BCUT2D eigenvalue weighted by Gasteiger charge is -2.04. The largest absolute Gasteiger partial charge is 0.332 e. The standard InChI is InChI=1S/C14H17FN4O2/c1-2-5-16-7-13-9-18(10-17-13)8-11-6-12(15)3-4-14(11)19(20)21/h3-4,6,9-10,16H,2,5,7-8H2,1H3. The van der Waals surface area contributed by atoms with Crippen molar-refractivity contribution in [3.8, 4) is 0 Å². The monoisotopic (exact) mass is 292 g/mol. The van der Waals surface area contributed by atoms with Crippen LogP contribution < -0.4 is 5.32 Å². The van der Waals surface area contributed by atoms with E-state index >= 15 is 0 Å². The van der Waals surface area contributed by atoms with Gasteiger partial charge in [-0.15, -0.1) is 0 Å². The van der Waals surface area contributed by atoms with Crippen molar-refractivity contribution in [2.75, 3.05) is 6.54 Å². The Labute approximate surface area is 121 Å². The van der Waals surface area contributed by atoms with Crippen molar-refractivity contribution in [2.24, 2.45) is 0 Å². The van der Waals surface area contributed by atoms with Gasteiger partial charge in [0.25, 0.3) is 5.69 Å². The lowest BCUT2D eigenvalue weighted by Crippen LogP contribution is -2.13. The number of imidazole rings is 1. The van der Waals surface area contributed by atoms with Crippen LogP contribution in [-0.4, -0.2) is 21.0 Å². The minimum absolute atomic E-state index is 0.0873. The molecule has 2 rings (SSSR count). The Kier molecular flexibility index (Phi) is 4.99. The summed E-state index contributed by atoms with van der Waals surface area (Å²) in [5.41, 5.74) is 1.09. The number of nitro benzene ring substituents is 1. The van der Waals surface area contributed by atoms with Gasteiger partial charge in [-0.25, -0.2) is 9.37 Å². The highest BCUT2D eigenvalue weighted by Gasteiger charge is 2.14. The molecule has 1 heterocycles. The molecule has 0 fully saturated rings. The van der Waals surface area contributed by atoms with Crippen LogP contribution in [0.2, 0.25) is 0 Å². The summed E-state index contributed by atoms with van der Waals surface area (Å²) in [7, 11) is 0. The van der Waals surface area contributed by atoms with Crippen LogP contribution in [0, 0.1) is 15.9 Å². The molecule has 0 saturated carbocycles. The van der Waals surface area contributed by atoms with Crippen molar-refractivity contribution in [3.63, 3.8) is 0 Å². The zero-order chi connectivity index (χ0) is 15.2. The molecule has 112 valence electrons. The molecule has 2 aromatic rings. The van der Waals surface area contributed by atoms with Crippen molar-refractivity contribution < 1.29 is 9.31 Å². The summed E-state index contributed by atoms with van der Waals surface area (Å²) in [6.45, 7) is 3.85. The predicted octanol–water partition coefficient (Wildman–Crippen LogP) is 2.48. The Morgan fingerprint density at radius 2 is 2.29 bits per heavy atom. The zero-order valence-corrected chi connectivity index (χ0v) is 11.8. The second kappa shape index (κ2) is 6.94. The first-order valence-corrected chi connectivity index (χ1v) is 6.74. The van der Waals surface area contributed by atoms with Crippen molar-refractivity contribution in [1.82, 2.24) is 14.9 Å². The highest BCUT2D eigenvalue weighted by atomic mass is 19.1. The van der Waals surface area contributed by atoms with Gasteiger partial charge in [-0.05, 0) is 25.1 Å². The number of benzene rings is 1. The third-order valence-corrected chi connectivity index (χ3v) is 3.01. The van der Waals surface area contributed by atoms with Crippen LogP contribution in [0.5, 0.6) is 0 Å². The third-order valence-electron chi connectivity index (χ3n) is 3.01. The molecular weight excluding hydrogens is 275 g/mol. The van der Waals surface area contributed by atoms with Crippen molar-refractivity contribution >= 4 is 5.69 Å². The second-order valence-corrected chi connectivity index (χ2v) is 4.74. The van der Waals surface area contributed by atoms with Crippen molar-refractivity contribution in [2.45, 2.75) is 26.4 Å². The summed E-state index contributed by atoms with van der Waals surface area (Å²) in [5.74, 6) is -0.486. The van der Waals surface area contributed by atoms with Gasteiger partial charge < -0.3 is 9.88 Å². The topological polar surface area (TPSA) is 73.0 Å². The summed E-state index contributed by atoms with van der Waals surface area (Å²) in [4.78, 5) is 14.7. The van der Waals surface area contributed by atoms with E-state index < -0.39 is 10.7 Å². The van der Waals surface area contributed by atoms with Gasteiger partial charge in [0.1, 0.15) is 5.82 Å². The van der Waals surface area contributed by atoms with E-state index in [1.807, 2.05) is 0 Å². The maximum absolute atomic E-state index is 13.3. The number of nitro groups is 1. The van der Waals surface area contributed by atoms with E-state index in [1.165, 1.54) is 12.1 Å². The Morgan fingerprint density at radius 1 is 1.48 bits per heavy atom. The van der Waals surface area contributed by atoms with Crippen molar-refractivity contribution in [1.29, 1.82) is 0 Å². The van der Waals surface area contributed by atoms with Gasteiger partial charge in [0.15, 0.2) is 0 Å². The fraction of sp³-hybridized carbons (Fsp3) is 0.357. The molecule has 0 aliphatic heterocycles. The smallest absolute Gasteiger partial charge is 0.274 e. The molecule has 0 saturated heterocycles. The molecular formula is C14H17FN4O2. The Balaban J connectivity index is 2.11. The summed E-state index contributed by atoms with van der Waals surface area (Å²) >= 11 is 0. The molecule has 21 heavy (non-hydrogen) atoms. The number of rotatable bonds is 7. The number of hydrogen-bond donors (Lipinski definition) is 1. The van der Waals surface area contributed by atoms with E-state index in [9.17, 15) is 14.5 Å². The molecule has 0 radical (unpaired) electrons. The van der Waals surface area contributed by atoms with Crippen LogP contribution in [0.15, 0.2) is 30.7 Å². The normalized spacial score (nSPS) is 10.8. The number of hydrogen-bond acceptors (Lipinski definition) is 4. The number of aromatic nitrogens is 2. The molecule has 0 bridgehead atoms. The van der Waals surface area contributed by atoms with Gasteiger partial charge in [0.2, 0.25) is 0 Å². The summed E-state index contributed by atoms with van der Waals surface area (Å²) < 4.78 is 15.0. The number of nitrogens with one attached hydrogen (secondary N) is 1. The molecule has 1 aromatic heterocycles.